The highest BCUT2D eigenvalue weighted by Gasteiger charge is 2.39. The Morgan fingerprint density at radius 2 is 1.46 bits per heavy atom. The van der Waals surface area contributed by atoms with Crippen LogP contribution < -0.4 is 15.5 Å². The fourth-order valence-corrected chi connectivity index (χ4v) is 3.88. The lowest BCUT2D eigenvalue weighted by Crippen LogP contribution is -2.32. The van der Waals surface area contributed by atoms with Gasteiger partial charge in [0.05, 0.1) is 17.9 Å². The smallest absolute Gasteiger partial charge is 0.338 e. The molecule has 0 unspecified atom stereocenters. The quantitative estimate of drug-likeness (QED) is 0.331. The molecule has 0 aromatic heterocycles. The number of aryl methyl sites for hydroxylation is 2. The van der Waals surface area contributed by atoms with Gasteiger partial charge in [-0.2, -0.15) is 0 Å². The van der Waals surface area contributed by atoms with Gasteiger partial charge in [0.1, 0.15) is 10.7 Å². The minimum absolute atomic E-state index is 0.0382. The van der Waals surface area contributed by atoms with Crippen LogP contribution in [0.2, 0.25) is 0 Å². The number of ether oxygens (including phenoxy) is 1. The number of carbonyl (C=O) groups excluding carboxylic acids is 4. The molecule has 1 heterocycles. The maximum Gasteiger partial charge on any atom is 0.338 e. The highest BCUT2D eigenvalue weighted by Crippen LogP contribution is 2.31. The van der Waals surface area contributed by atoms with Gasteiger partial charge in [0.2, 0.25) is 0 Å². The van der Waals surface area contributed by atoms with Crippen molar-refractivity contribution >= 4 is 52.4 Å². The largest absolute Gasteiger partial charge is 0.462 e. The van der Waals surface area contributed by atoms with Crippen LogP contribution in [0.1, 0.15) is 38.8 Å². The van der Waals surface area contributed by atoms with Crippen molar-refractivity contribution in [2.75, 3.05) is 22.1 Å². The summed E-state index contributed by atoms with van der Waals surface area (Å²) in [4.78, 5) is 51.2. The predicted molar refractivity (Wildman–Crippen MR) is 142 cm³/mol. The summed E-state index contributed by atoms with van der Waals surface area (Å²) < 4.78 is 4.95. The number of nitrogens with one attached hydrogen (secondary N) is 2. The molecule has 3 aromatic rings. The Kier molecular flexibility index (Phi) is 7.40. The van der Waals surface area contributed by atoms with Crippen molar-refractivity contribution in [2.24, 2.45) is 0 Å². The minimum atomic E-state index is -0.609. The van der Waals surface area contributed by atoms with Gasteiger partial charge in [0.15, 0.2) is 0 Å². The van der Waals surface area contributed by atoms with Crippen molar-refractivity contribution in [1.29, 1.82) is 0 Å². The van der Waals surface area contributed by atoms with Crippen molar-refractivity contribution < 1.29 is 23.9 Å². The third kappa shape index (κ3) is 5.39. The fourth-order valence-electron chi connectivity index (χ4n) is 3.67. The zero-order valence-electron chi connectivity index (χ0n) is 20.4. The second-order valence-electron chi connectivity index (χ2n) is 8.36. The Morgan fingerprint density at radius 3 is 2.08 bits per heavy atom. The maximum atomic E-state index is 13.0. The monoisotopic (exact) mass is 517 g/mol. The number of amides is 3. The third-order valence-corrected chi connectivity index (χ3v) is 6.20. The molecule has 9 heteroatoms. The first-order chi connectivity index (χ1) is 17.7. The lowest BCUT2D eigenvalue weighted by molar-refractivity contribution is -0.120. The Bertz CT molecular complexity index is 1430. The number of esters is 1. The van der Waals surface area contributed by atoms with Crippen LogP contribution in [0.5, 0.6) is 0 Å². The number of halogens is 1. The van der Waals surface area contributed by atoms with Crippen molar-refractivity contribution in [3.63, 3.8) is 0 Å². The summed E-state index contributed by atoms with van der Waals surface area (Å²) in [5.74, 6) is -1.97. The number of nitrogens with zero attached hydrogens (tertiary/aromatic N) is 1. The van der Waals surface area contributed by atoms with E-state index in [1.807, 2.05) is 19.9 Å². The van der Waals surface area contributed by atoms with Gasteiger partial charge < -0.3 is 15.4 Å². The molecular formula is C28H24ClN3O5. The van der Waals surface area contributed by atoms with E-state index in [-0.39, 0.29) is 23.2 Å². The molecule has 2 N–H and O–H groups in total. The highest BCUT2D eigenvalue weighted by atomic mass is 35.5. The fraction of sp³-hybridized carbons (Fsp3) is 0.143. The number of rotatable bonds is 7. The normalized spacial score (nSPS) is 13.1. The van der Waals surface area contributed by atoms with Gasteiger partial charge in [-0.15, -0.1) is 0 Å². The summed E-state index contributed by atoms with van der Waals surface area (Å²) in [6.07, 6.45) is 0. The maximum absolute atomic E-state index is 13.0. The summed E-state index contributed by atoms with van der Waals surface area (Å²) >= 11 is 6.22. The molecule has 0 radical (unpaired) electrons. The molecule has 0 bridgehead atoms. The number of carbonyl (C=O) groups is 4. The van der Waals surface area contributed by atoms with Crippen molar-refractivity contribution in [2.45, 2.75) is 20.8 Å². The van der Waals surface area contributed by atoms with Crippen molar-refractivity contribution in [1.82, 2.24) is 0 Å². The molecule has 4 rings (SSSR count). The van der Waals surface area contributed by atoms with E-state index in [1.165, 1.54) is 0 Å². The van der Waals surface area contributed by atoms with E-state index in [0.717, 1.165) is 16.0 Å². The Labute approximate surface area is 218 Å². The summed E-state index contributed by atoms with van der Waals surface area (Å²) in [6.45, 7) is 5.84. The molecular weight excluding hydrogens is 494 g/mol. The SMILES string of the molecule is CCOC(=O)c1ccc(NC(=O)c2ccc(NC3=C(Cl)C(=O)N(c4ccc(C)c(C)c4)C3=O)cc2)cc1. The predicted octanol–water partition coefficient (Wildman–Crippen LogP) is 5.17. The van der Waals surface area contributed by atoms with Gasteiger partial charge in [0, 0.05) is 16.9 Å². The average molecular weight is 518 g/mol. The van der Waals surface area contributed by atoms with Gasteiger partial charge in [0.25, 0.3) is 17.7 Å². The minimum Gasteiger partial charge on any atom is -0.462 e. The molecule has 0 spiro atoms. The Morgan fingerprint density at radius 1 is 0.838 bits per heavy atom. The molecule has 3 aromatic carbocycles. The molecule has 8 nitrogen and oxygen atoms in total. The molecule has 188 valence electrons. The van der Waals surface area contributed by atoms with Crippen LogP contribution in [0, 0.1) is 13.8 Å². The van der Waals surface area contributed by atoms with E-state index in [9.17, 15) is 19.2 Å². The van der Waals surface area contributed by atoms with E-state index >= 15 is 0 Å². The van der Waals surface area contributed by atoms with Crippen molar-refractivity contribution in [3.8, 4) is 0 Å². The Hall–Kier alpha value is -4.43. The zero-order valence-corrected chi connectivity index (χ0v) is 21.2. The van der Waals surface area contributed by atoms with Crippen LogP contribution in [0.25, 0.3) is 0 Å². The second-order valence-corrected chi connectivity index (χ2v) is 8.74. The molecule has 0 aliphatic carbocycles. The second kappa shape index (κ2) is 10.7. The van der Waals surface area contributed by atoms with Crippen LogP contribution in [0.4, 0.5) is 17.1 Å². The summed E-state index contributed by atoms with van der Waals surface area (Å²) in [7, 11) is 0. The number of hydrogen-bond acceptors (Lipinski definition) is 6. The molecule has 3 amide bonds. The molecule has 1 aliphatic heterocycles. The molecule has 0 atom stereocenters. The van der Waals surface area contributed by atoms with E-state index in [4.69, 9.17) is 16.3 Å². The first-order valence-corrected chi connectivity index (χ1v) is 11.9. The third-order valence-electron chi connectivity index (χ3n) is 5.85. The van der Waals surface area contributed by atoms with Crippen molar-refractivity contribution in [3.05, 3.63) is 99.7 Å². The highest BCUT2D eigenvalue weighted by molar-refractivity contribution is 6.53. The van der Waals surface area contributed by atoms with Gasteiger partial charge in [-0.05, 0) is 92.6 Å². The molecule has 37 heavy (non-hydrogen) atoms. The topological polar surface area (TPSA) is 105 Å². The van der Waals surface area contributed by atoms with E-state index in [2.05, 4.69) is 10.6 Å². The van der Waals surface area contributed by atoms with Crippen LogP contribution in [-0.4, -0.2) is 30.3 Å². The number of hydrogen-bond donors (Lipinski definition) is 2. The van der Waals surface area contributed by atoms with Gasteiger partial charge in [-0.25, -0.2) is 9.69 Å². The van der Waals surface area contributed by atoms with Crippen LogP contribution in [0.3, 0.4) is 0 Å². The zero-order chi connectivity index (χ0) is 26.7. The van der Waals surface area contributed by atoms with Gasteiger partial charge >= 0.3 is 5.97 Å². The summed E-state index contributed by atoms with van der Waals surface area (Å²) in [5, 5.41) is 5.44. The summed E-state index contributed by atoms with van der Waals surface area (Å²) in [6, 6.07) is 18.0. The molecule has 1 aliphatic rings. The first kappa shape index (κ1) is 25.7. The first-order valence-electron chi connectivity index (χ1n) is 11.5. The van der Waals surface area contributed by atoms with Crippen LogP contribution in [-0.2, 0) is 14.3 Å². The molecule has 0 saturated heterocycles. The van der Waals surface area contributed by atoms with Crippen LogP contribution >= 0.6 is 11.6 Å². The van der Waals surface area contributed by atoms with E-state index in [1.54, 1.807) is 67.6 Å². The van der Waals surface area contributed by atoms with Gasteiger partial charge in [-0.1, -0.05) is 17.7 Å². The standard InChI is InChI=1S/C28H24ClN3O5/c1-4-37-28(36)19-8-12-21(13-9-19)31-25(33)18-6-10-20(11-7-18)30-24-23(29)26(34)32(27(24)35)22-14-5-16(2)17(3)15-22/h5-15,30H,4H2,1-3H3,(H,31,33). The van der Waals surface area contributed by atoms with E-state index < -0.39 is 17.8 Å². The number of benzene rings is 3. The summed E-state index contributed by atoms with van der Waals surface area (Å²) in [5.41, 5.74) is 4.13. The number of imide groups is 1. The molecule has 0 saturated carbocycles. The number of anilines is 3. The lowest BCUT2D eigenvalue weighted by Gasteiger charge is -2.16. The molecule has 0 fully saturated rings. The van der Waals surface area contributed by atoms with E-state index in [0.29, 0.717) is 28.2 Å². The average Bonchev–Trinajstić information content (AvgIpc) is 3.09. The lowest BCUT2D eigenvalue weighted by atomic mass is 10.1. The Balaban J connectivity index is 1.43. The van der Waals surface area contributed by atoms with Crippen LogP contribution in [0.15, 0.2) is 77.5 Å². The van der Waals surface area contributed by atoms with Gasteiger partial charge in [-0.3, -0.25) is 14.4 Å².